The third kappa shape index (κ3) is 5.79. The average molecular weight is 608 g/mol. The number of hydrogen-bond acceptors (Lipinski definition) is 6. The molecule has 198 valence electrons. The molecule has 39 heavy (non-hydrogen) atoms. The van der Waals surface area contributed by atoms with Crippen molar-refractivity contribution in [2.75, 3.05) is 6.61 Å². The molecule has 1 aliphatic rings. The van der Waals surface area contributed by atoms with Crippen LogP contribution in [0.2, 0.25) is 0 Å². The van der Waals surface area contributed by atoms with Crippen LogP contribution in [-0.4, -0.2) is 17.1 Å². The molecular formula is C30H24BrFN2O4S. The van der Waals surface area contributed by atoms with Crippen molar-refractivity contribution in [3.05, 3.63) is 131 Å². The molecule has 3 aromatic carbocycles. The number of hydrogen-bond donors (Lipinski definition) is 0. The molecule has 9 heteroatoms. The second-order valence-electron chi connectivity index (χ2n) is 8.84. The molecule has 1 atom stereocenters. The smallest absolute Gasteiger partial charge is 0.338 e. The largest absolute Gasteiger partial charge is 0.489 e. The lowest BCUT2D eigenvalue weighted by Crippen LogP contribution is -2.39. The van der Waals surface area contributed by atoms with Crippen molar-refractivity contribution in [1.29, 1.82) is 0 Å². The second-order valence-corrected chi connectivity index (χ2v) is 10.8. The Morgan fingerprint density at radius 3 is 2.59 bits per heavy atom. The molecule has 0 unspecified atom stereocenters. The molecule has 4 aromatic rings. The summed E-state index contributed by atoms with van der Waals surface area (Å²) in [4.78, 5) is 31.7. The zero-order chi connectivity index (χ0) is 27.5. The predicted molar refractivity (Wildman–Crippen MR) is 152 cm³/mol. The van der Waals surface area contributed by atoms with Crippen molar-refractivity contribution in [3.8, 4) is 5.75 Å². The molecule has 0 saturated heterocycles. The molecule has 0 radical (unpaired) electrons. The van der Waals surface area contributed by atoms with Gasteiger partial charge < -0.3 is 9.47 Å². The first kappa shape index (κ1) is 26.8. The van der Waals surface area contributed by atoms with Gasteiger partial charge in [0, 0.05) is 4.47 Å². The van der Waals surface area contributed by atoms with Gasteiger partial charge in [0.15, 0.2) is 4.80 Å². The van der Waals surface area contributed by atoms with Gasteiger partial charge >= 0.3 is 5.97 Å². The lowest BCUT2D eigenvalue weighted by Gasteiger charge is -2.24. The van der Waals surface area contributed by atoms with Crippen LogP contribution in [0, 0.1) is 5.82 Å². The number of esters is 1. The predicted octanol–water partition coefficient (Wildman–Crippen LogP) is 5.28. The van der Waals surface area contributed by atoms with E-state index in [1.54, 1.807) is 32.1 Å². The van der Waals surface area contributed by atoms with Crippen LogP contribution >= 0.6 is 27.3 Å². The maximum atomic E-state index is 13.7. The maximum Gasteiger partial charge on any atom is 0.338 e. The zero-order valence-corrected chi connectivity index (χ0v) is 23.6. The molecule has 1 aromatic heterocycles. The minimum atomic E-state index is -0.788. The highest BCUT2D eigenvalue weighted by atomic mass is 79.9. The summed E-state index contributed by atoms with van der Waals surface area (Å²) in [6.07, 6.45) is 1.78. The molecule has 6 nitrogen and oxygen atoms in total. The van der Waals surface area contributed by atoms with Crippen molar-refractivity contribution in [1.82, 2.24) is 4.57 Å². The van der Waals surface area contributed by atoms with Crippen LogP contribution in [0.3, 0.4) is 0 Å². The van der Waals surface area contributed by atoms with Crippen molar-refractivity contribution in [3.63, 3.8) is 0 Å². The fourth-order valence-corrected chi connectivity index (χ4v) is 5.66. The fraction of sp³-hybridized carbons (Fsp3) is 0.167. The monoisotopic (exact) mass is 606 g/mol. The Hall–Kier alpha value is -3.82. The van der Waals surface area contributed by atoms with Crippen LogP contribution in [0.15, 0.2) is 98.3 Å². The van der Waals surface area contributed by atoms with E-state index < -0.39 is 17.8 Å². The maximum absolute atomic E-state index is 13.7. The minimum Gasteiger partial charge on any atom is -0.489 e. The molecule has 0 bridgehead atoms. The van der Waals surface area contributed by atoms with Gasteiger partial charge in [0.1, 0.15) is 18.2 Å². The molecule has 2 heterocycles. The number of thiazole rings is 1. The summed E-state index contributed by atoms with van der Waals surface area (Å²) in [6, 6.07) is 20.3. The number of benzene rings is 3. The summed E-state index contributed by atoms with van der Waals surface area (Å²) in [5.41, 5.74) is 2.82. The Morgan fingerprint density at radius 1 is 1.13 bits per heavy atom. The third-order valence-electron chi connectivity index (χ3n) is 6.18. The minimum absolute atomic E-state index is 0.177. The standard InChI is InChI=1S/C30H24BrFN2O4S/c1-3-37-29(36)26-18(2)33-30-34(27(26)21-9-13-23(32)14-10-21)28(35)25(39-30)16-20-5-4-6-24(15-20)38-17-19-7-11-22(31)12-8-19/h4-16,27H,3,17H2,1-2H3/b25-16-/t27-/m0/s1. The van der Waals surface area contributed by atoms with Crippen LogP contribution in [0.5, 0.6) is 5.75 Å². The molecule has 0 saturated carbocycles. The Morgan fingerprint density at radius 2 is 1.87 bits per heavy atom. The number of allylic oxidation sites excluding steroid dienone is 1. The molecular weight excluding hydrogens is 583 g/mol. The van der Waals surface area contributed by atoms with E-state index in [4.69, 9.17) is 9.47 Å². The molecule has 5 rings (SSSR count). The summed E-state index contributed by atoms with van der Waals surface area (Å²) in [7, 11) is 0. The van der Waals surface area contributed by atoms with Crippen LogP contribution < -0.4 is 19.6 Å². The van der Waals surface area contributed by atoms with E-state index >= 15 is 0 Å². The highest BCUT2D eigenvalue weighted by Gasteiger charge is 2.33. The highest BCUT2D eigenvalue weighted by Crippen LogP contribution is 2.30. The molecule has 0 fully saturated rings. The molecule has 1 aliphatic heterocycles. The Balaban J connectivity index is 1.53. The highest BCUT2D eigenvalue weighted by molar-refractivity contribution is 9.10. The SMILES string of the molecule is CCOC(=O)C1=C(C)N=c2s/c(=C\c3cccc(OCc4ccc(Br)cc4)c3)c(=O)n2[C@H]1c1ccc(F)cc1. The van der Waals surface area contributed by atoms with Crippen LogP contribution in [0.4, 0.5) is 4.39 Å². The normalized spacial score (nSPS) is 15.1. The average Bonchev–Trinajstić information content (AvgIpc) is 3.22. The van der Waals surface area contributed by atoms with Gasteiger partial charge in [-0.15, -0.1) is 0 Å². The van der Waals surface area contributed by atoms with Crippen molar-refractivity contribution >= 4 is 39.3 Å². The number of halogens is 2. The molecule has 0 spiro atoms. The molecule has 0 amide bonds. The van der Waals surface area contributed by atoms with Crippen molar-refractivity contribution in [2.24, 2.45) is 4.99 Å². The number of aromatic nitrogens is 1. The number of nitrogens with zero attached hydrogens (tertiary/aromatic N) is 2. The quantitative estimate of drug-likeness (QED) is 0.268. The summed E-state index contributed by atoms with van der Waals surface area (Å²) < 4.78 is 27.9. The Kier molecular flexibility index (Phi) is 7.90. The number of fused-ring (bicyclic) bond motifs is 1. The first-order valence-corrected chi connectivity index (χ1v) is 13.9. The van der Waals surface area contributed by atoms with Crippen LogP contribution in [0.1, 0.15) is 36.6 Å². The molecule has 0 aliphatic carbocycles. The summed E-state index contributed by atoms with van der Waals surface area (Å²) in [5, 5.41) is 0. The first-order valence-electron chi connectivity index (χ1n) is 12.3. The van der Waals surface area contributed by atoms with Crippen molar-refractivity contribution in [2.45, 2.75) is 26.5 Å². The Bertz CT molecular complexity index is 1740. The summed E-state index contributed by atoms with van der Waals surface area (Å²) >= 11 is 4.66. The van der Waals surface area contributed by atoms with Gasteiger partial charge in [-0.1, -0.05) is 63.7 Å². The van der Waals surface area contributed by atoms with Gasteiger partial charge in [-0.25, -0.2) is 14.2 Å². The van der Waals surface area contributed by atoms with Crippen LogP contribution in [-0.2, 0) is 16.1 Å². The van der Waals surface area contributed by atoms with E-state index in [-0.39, 0.29) is 17.7 Å². The van der Waals surface area contributed by atoms with E-state index in [0.717, 1.165) is 15.6 Å². The van der Waals surface area contributed by atoms with Gasteiger partial charge in [0.2, 0.25) is 0 Å². The van der Waals surface area contributed by atoms with Gasteiger partial charge in [-0.2, -0.15) is 0 Å². The van der Waals surface area contributed by atoms with Gasteiger partial charge in [0.25, 0.3) is 5.56 Å². The van der Waals surface area contributed by atoms with E-state index in [2.05, 4.69) is 20.9 Å². The summed E-state index contributed by atoms with van der Waals surface area (Å²) in [5.74, 6) is -0.297. The molecule has 0 N–H and O–H groups in total. The number of rotatable bonds is 7. The number of carbonyl (C=O) groups excluding carboxylic acids is 1. The second kappa shape index (κ2) is 11.5. The van der Waals surface area contributed by atoms with Crippen LogP contribution in [0.25, 0.3) is 6.08 Å². The third-order valence-corrected chi connectivity index (χ3v) is 7.69. The fourth-order valence-electron chi connectivity index (χ4n) is 4.34. The summed E-state index contributed by atoms with van der Waals surface area (Å²) in [6.45, 7) is 4.02. The lowest BCUT2D eigenvalue weighted by molar-refractivity contribution is -0.139. The number of ether oxygens (including phenoxy) is 2. The lowest BCUT2D eigenvalue weighted by atomic mass is 9.96. The first-order chi connectivity index (χ1) is 18.8. The van der Waals surface area contributed by atoms with E-state index in [0.29, 0.717) is 33.0 Å². The van der Waals surface area contributed by atoms with Gasteiger partial charge in [-0.05, 0) is 73.0 Å². The van der Waals surface area contributed by atoms with E-state index in [1.807, 2.05) is 48.5 Å². The van der Waals surface area contributed by atoms with E-state index in [9.17, 15) is 14.0 Å². The van der Waals surface area contributed by atoms with E-state index in [1.165, 1.54) is 28.0 Å². The van der Waals surface area contributed by atoms with Crippen molar-refractivity contribution < 1.29 is 18.7 Å². The Labute approximate surface area is 236 Å². The number of carbonyl (C=O) groups is 1. The topological polar surface area (TPSA) is 69.9 Å². The van der Waals surface area contributed by atoms with Gasteiger partial charge in [-0.3, -0.25) is 9.36 Å². The van der Waals surface area contributed by atoms with Gasteiger partial charge in [0.05, 0.1) is 28.5 Å². The zero-order valence-electron chi connectivity index (χ0n) is 21.2.